The number of phenols is 2. The van der Waals surface area contributed by atoms with Gasteiger partial charge in [-0.1, -0.05) is 42.9 Å². The Balaban J connectivity index is 0.000000501. The Morgan fingerprint density at radius 2 is 0.902 bits per heavy atom. The number of carbonyl (C=O) groups is 2. The Labute approximate surface area is 413 Å². The number of hydrogen-bond acceptors (Lipinski definition) is 12. The van der Waals surface area contributed by atoms with Gasteiger partial charge in [0.2, 0.25) is 0 Å². The number of phenolic OH excluding ortho intramolecular Hbond substituents is 2. The number of aromatic hydroxyl groups is 2. The molecule has 0 bridgehead atoms. The SMILES string of the molecule is CN.CN.CO[C-]=O.O=C(O)c1ccccc1-c1c2ccc(=O)cc-2oc2cc(O)ccc12.O=C(O)c1ccccc1-c1c2ccc(=O)cc-2oc2cc(O)ccc12.[W].[Y].[Y]. The number of ether oxygens (including phenoxy) is 1. The second kappa shape index (κ2) is 25.8. The Bertz CT molecular complexity index is 2610. The average Bonchev–Trinajstić information content (AvgIpc) is 3.23. The van der Waals surface area contributed by atoms with Crippen LogP contribution < -0.4 is 22.3 Å². The third-order valence-electron chi connectivity index (χ3n) is 8.29. The molecule has 0 unspecified atom stereocenters. The number of nitrogens with two attached hydrogens (primary N) is 2. The van der Waals surface area contributed by atoms with E-state index in [0.29, 0.717) is 66.8 Å². The maximum Gasteiger partial charge on any atom is 0.336 e. The van der Waals surface area contributed by atoms with E-state index in [4.69, 9.17) is 13.6 Å². The van der Waals surface area contributed by atoms with E-state index in [2.05, 4.69) is 16.2 Å². The number of aromatic carboxylic acids is 2. The molecule has 4 aliphatic rings. The number of benzene rings is 6. The van der Waals surface area contributed by atoms with Crippen LogP contribution in [0.25, 0.3) is 66.8 Å². The average molecular weight is 1150 g/mol. The van der Waals surface area contributed by atoms with Crippen molar-refractivity contribution in [3.8, 4) is 56.4 Å². The molecule has 61 heavy (non-hydrogen) atoms. The summed E-state index contributed by atoms with van der Waals surface area (Å²) in [5, 5.41) is 39.9. The first-order valence-corrected chi connectivity index (χ1v) is 17.1. The van der Waals surface area contributed by atoms with E-state index in [1.165, 1.54) is 88.3 Å². The van der Waals surface area contributed by atoms with Crippen molar-refractivity contribution in [2.45, 2.75) is 0 Å². The summed E-state index contributed by atoms with van der Waals surface area (Å²) in [4.78, 5) is 55.6. The fraction of sp³-hybridized carbons (Fsp3) is 0.0682. The van der Waals surface area contributed by atoms with Gasteiger partial charge in [-0.2, -0.15) is 0 Å². The largest absolute Gasteiger partial charge is 0.655 e. The molecule has 14 nitrogen and oxygen atoms in total. The Morgan fingerprint density at radius 1 is 0.557 bits per heavy atom. The first-order valence-electron chi connectivity index (χ1n) is 17.1. The van der Waals surface area contributed by atoms with Gasteiger partial charge in [0.25, 0.3) is 0 Å². The first kappa shape index (κ1) is 54.1. The maximum atomic E-state index is 11.7. The molecule has 4 aromatic rings. The monoisotopic (exact) mass is 1150 g/mol. The van der Waals surface area contributed by atoms with Gasteiger partial charge in [-0.15, -0.1) is 0 Å². The predicted octanol–water partition coefficient (Wildman–Crippen LogP) is 6.78. The fourth-order valence-corrected chi connectivity index (χ4v) is 6.07. The summed E-state index contributed by atoms with van der Waals surface area (Å²) < 4.78 is 15.3. The van der Waals surface area contributed by atoms with Crippen LogP contribution >= 0.6 is 0 Å². The quantitative estimate of drug-likeness (QED) is 0.0768. The van der Waals surface area contributed by atoms with Crippen LogP contribution in [0.15, 0.2) is 140 Å². The second-order valence-corrected chi connectivity index (χ2v) is 11.6. The topological polar surface area (TPSA) is 254 Å². The third kappa shape index (κ3) is 12.8. The van der Waals surface area contributed by atoms with E-state index in [-0.39, 0.29) is 120 Å². The number of carbonyl (C=O) groups excluding carboxylic acids is 1. The molecule has 17 heteroatoms. The van der Waals surface area contributed by atoms with Crippen molar-refractivity contribution < 1.29 is 135 Å². The van der Waals surface area contributed by atoms with Gasteiger partial charge >= 0.3 is 11.9 Å². The molecule has 0 amide bonds. The molecule has 2 aliphatic carbocycles. The van der Waals surface area contributed by atoms with Crippen LogP contribution in [0, 0.1) is 0 Å². The van der Waals surface area contributed by atoms with E-state index in [0.717, 1.165) is 0 Å². The zero-order chi connectivity index (χ0) is 42.5. The summed E-state index contributed by atoms with van der Waals surface area (Å²) in [5.41, 5.74) is 13.2. The molecule has 2 heterocycles. The van der Waals surface area contributed by atoms with Crippen molar-refractivity contribution in [1.29, 1.82) is 0 Å². The summed E-state index contributed by atoms with van der Waals surface area (Å²) in [5.74, 6) is -1.38. The van der Waals surface area contributed by atoms with Crippen LogP contribution in [0.4, 0.5) is 0 Å². The zero-order valence-corrected chi connectivity index (χ0v) is 41.4. The summed E-state index contributed by atoms with van der Waals surface area (Å²) in [6, 6.07) is 31.4. The van der Waals surface area contributed by atoms with Crippen LogP contribution in [0.2, 0.25) is 0 Å². The molecule has 0 spiro atoms. The van der Waals surface area contributed by atoms with Gasteiger partial charge in [0, 0.05) is 151 Å². The molecule has 0 saturated carbocycles. The van der Waals surface area contributed by atoms with Gasteiger partial charge in [0.15, 0.2) is 10.9 Å². The minimum Gasteiger partial charge on any atom is -0.655 e. The minimum atomic E-state index is -1.04. The molecular weight excluding hydrogens is 1110 g/mol. The van der Waals surface area contributed by atoms with Crippen LogP contribution in [0.1, 0.15) is 20.7 Å². The van der Waals surface area contributed by atoms with E-state index >= 15 is 0 Å². The minimum absolute atomic E-state index is 0. The smallest absolute Gasteiger partial charge is 0.336 e. The number of methoxy groups -OCH3 is 1. The maximum absolute atomic E-state index is 11.7. The molecule has 308 valence electrons. The van der Waals surface area contributed by atoms with Crippen LogP contribution in [0.5, 0.6) is 11.5 Å². The van der Waals surface area contributed by atoms with Gasteiger partial charge in [0.1, 0.15) is 34.2 Å². The number of carboxylic acid groups (broad SMARTS) is 2. The number of hydrogen-bond donors (Lipinski definition) is 6. The van der Waals surface area contributed by atoms with E-state index in [9.17, 15) is 39.6 Å². The first-order chi connectivity index (χ1) is 28.0. The number of fused-ring (bicyclic) bond motifs is 4. The van der Waals surface area contributed by atoms with E-state index < -0.39 is 11.9 Å². The fourth-order valence-electron chi connectivity index (χ4n) is 6.07. The van der Waals surface area contributed by atoms with Crippen molar-refractivity contribution in [2.24, 2.45) is 11.5 Å². The molecule has 0 saturated heterocycles. The summed E-state index contributed by atoms with van der Waals surface area (Å²) >= 11 is 0. The normalized spacial score (nSPS) is 9.59. The predicted molar refractivity (Wildman–Crippen MR) is 219 cm³/mol. The molecule has 4 aromatic carbocycles. The van der Waals surface area contributed by atoms with E-state index in [1.807, 2.05) is 0 Å². The van der Waals surface area contributed by atoms with Gasteiger partial charge in [-0.25, -0.2) is 9.59 Å². The van der Waals surface area contributed by atoms with Crippen LogP contribution in [-0.2, 0) is 96.0 Å². The van der Waals surface area contributed by atoms with Crippen molar-refractivity contribution in [1.82, 2.24) is 0 Å². The molecule has 0 atom stereocenters. The Hall–Kier alpha value is -4.91. The van der Waals surface area contributed by atoms with Crippen molar-refractivity contribution in [3.05, 3.63) is 153 Å². The van der Waals surface area contributed by atoms with E-state index in [1.54, 1.807) is 60.7 Å². The standard InChI is InChI=1S/2C20H12O5.C2H3O2.2CH5N.W.2Y/c2*21-11-5-7-15-17(9-11)25-18-10-12(22)6-8-16(18)19(15)13-3-1-2-4-14(13)20(23)24;1-4-2-3;2*1-2;;;/h2*1-10,21H,(H,23,24);1H3;2*2H2,1H3;;;/q;;-1;;;;;. The van der Waals surface area contributed by atoms with Gasteiger partial charge in [-0.3, -0.25) is 9.59 Å². The van der Waals surface area contributed by atoms with Crippen molar-refractivity contribution >= 4 is 40.3 Å². The van der Waals surface area contributed by atoms with Crippen molar-refractivity contribution in [3.63, 3.8) is 0 Å². The van der Waals surface area contributed by atoms with Gasteiger partial charge in [-0.05, 0) is 85.9 Å². The zero-order valence-electron chi connectivity index (χ0n) is 32.8. The molecule has 8 rings (SSSR count). The molecule has 2 radical (unpaired) electrons. The molecule has 0 aromatic heterocycles. The second-order valence-electron chi connectivity index (χ2n) is 11.6. The summed E-state index contributed by atoms with van der Waals surface area (Å²) in [7, 11) is 4.26. The molecule has 8 N–H and O–H groups in total. The third-order valence-corrected chi connectivity index (χ3v) is 8.29. The van der Waals surface area contributed by atoms with Crippen LogP contribution in [-0.4, -0.2) is 60.0 Å². The molecular formula is C44H37N2O12WY2-. The Kier molecular flexibility index (Phi) is 22.9. The van der Waals surface area contributed by atoms with Gasteiger partial charge in [0.05, 0.1) is 11.1 Å². The number of rotatable bonds is 5. The van der Waals surface area contributed by atoms with Crippen molar-refractivity contribution in [2.75, 3.05) is 21.2 Å². The summed E-state index contributed by atoms with van der Waals surface area (Å²) in [6.45, 7) is 1.18. The van der Waals surface area contributed by atoms with Crippen LogP contribution in [0.3, 0.4) is 0 Å². The molecule has 2 aliphatic heterocycles. The number of carboxylic acids is 2. The summed E-state index contributed by atoms with van der Waals surface area (Å²) in [6.07, 6.45) is 0. The van der Waals surface area contributed by atoms with Gasteiger partial charge < -0.3 is 50.3 Å². The molecule has 0 fully saturated rings. The Morgan fingerprint density at radius 3 is 1.23 bits per heavy atom.